The first-order chi connectivity index (χ1) is 9.99. The number of rotatable bonds is 2. The van der Waals surface area contributed by atoms with E-state index in [0.717, 1.165) is 14.7 Å². The van der Waals surface area contributed by atoms with Gasteiger partial charge in [-0.3, -0.25) is 4.79 Å². The second-order valence-corrected chi connectivity index (χ2v) is 6.70. The first-order valence-corrected chi connectivity index (χ1v) is 8.08. The fraction of sp³-hybridized carbons (Fsp3) is 0.0625. The highest BCUT2D eigenvalue weighted by Gasteiger charge is 2.19. The highest BCUT2D eigenvalue weighted by Crippen LogP contribution is 2.32. The summed E-state index contributed by atoms with van der Waals surface area (Å²) in [7, 11) is 0. The molecule has 2 nitrogen and oxygen atoms in total. The van der Waals surface area contributed by atoms with E-state index in [2.05, 4.69) is 27.6 Å². The lowest BCUT2D eigenvalue weighted by Crippen LogP contribution is -2.04. The van der Waals surface area contributed by atoms with Crippen molar-refractivity contribution in [3.63, 3.8) is 0 Å². The maximum atomic E-state index is 12.8. The number of H-pyrrole nitrogens is 1. The normalized spacial score (nSPS) is 11.0. The first kappa shape index (κ1) is 14.9. The average molecular weight is 430 g/mol. The minimum absolute atomic E-state index is 0.0430. The number of ketones is 1. The molecule has 0 fully saturated rings. The number of benzene rings is 2. The van der Waals surface area contributed by atoms with Gasteiger partial charge in [-0.1, -0.05) is 35.3 Å². The molecule has 1 aromatic heterocycles. The number of hydrogen-bond acceptors (Lipinski definition) is 1. The van der Waals surface area contributed by atoms with Crippen LogP contribution in [0.3, 0.4) is 0 Å². The summed E-state index contributed by atoms with van der Waals surface area (Å²) >= 11 is 14.4. The van der Waals surface area contributed by atoms with E-state index in [-0.39, 0.29) is 5.78 Å². The molecular formula is C16H10Cl2INO. The van der Waals surface area contributed by atoms with Gasteiger partial charge in [0.15, 0.2) is 5.78 Å². The van der Waals surface area contributed by atoms with Crippen LogP contribution in [0.1, 0.15) is 21.5 Å². The SMILES string of the molecule is Cc1cccc(C(=O)c2c[nH]c3cc(Cl)cc(Cl)c23)c1I. The molecule has 0 spiro atoms. The van der Waals surface area contributed by atoms with Crippen LogP contribution in [0.5, 0.6) is 0 Å². The van der Waals surface area contributed by atoms with E-state index in [1.807, 2.05) is 25.1 Å². The quantitative estimate of drug-likeness (QED) is 0.416. The molecule has 1 N–H and O–H groups in total. The van der Waals surface area contributed by atoms with Crippen molar-refractivity contribution < 1.29 is 4.79 Å². The van der Waals surface area contributed by atoms with Crippen LogP contribution < -0.4 is 0 Å². The molecule has 2 aromatic carbocycles. The maximum absolute atomic E-state index is 12.8. The van der Waals surface area contributed by atoms with Crippen molar-refractivity contribution in [3.8, 4) is 0 Å². The van der Waals surface area contributed by atoms with E-state index < -0.39 is 0 Å². The van der Waals surface area contributed by atoms with Crippen LogP contribution in [0.4, 0.5) is 0 Å². The standard InChI is InChI=1S/C16H10Cl2INO/c1-8-3-2-4-10(15(8)19)16(21)11-7-20-13-6-9(17)5-12(18)14(11)13/h2-7,20H,1H3. The van der Waals surface area contributed by atoms with Crippen LogP contribution in [-0.4, -0.2) is 10.8 Å². The Bertz CT molecular complexity index is 870. The van der Waals surface area contributed by atoms with E-state index in [0.29, 0.717) is 26.6 Å². The van der Waals surface area contributed by atoms with Crippen LogP contribution in [0.15, 0.2) is 36.5 Å². The molecule has 0 radical (unpaired) electrons. The van der Waals surface area contributed by atoms with Crippen molar-refractivity contribution >= 4 is 62.5 Å². The second kappa shape index (κ2) is 5.63. The molecular weight excluding hydrogens is 420 g/mol. The van der Waals surface area contributed by atoms with Crippen molar-refractivity contribution in [2.24, 2.45) is 0 Å². The highest BCUT2D eigenvalue weighted by molar-refractivity contribution is 14.1. The number of aromatic amines is 1. The van der Waals surface area contributed by atoms with Crippen LogP contribution in [0.25, 0.3) is 10.9 Å². The Hall–Kier alpha value is -1.04. The van der Waals surface area contributed by atoms with E-state index in [9.17, 15) is 4.79 Å². The Balaban J connectivity index is 2.21. The zero-order valence-corrected chi connectivity index (χ0v) is 14.7. The number of halogens is 3. The summed E-state index contributed by atoms with van der Waals surface area (Å²) in [6.07, 6.45) is 1.69. The largest absolute Gasteiger partial charge is 0.360 e. The molecule has 1 heterocycles. The van der Waals surface area contributed by atoms with Crippen molar-refractivity contribution in [2.45, 2.75) is 6.92 Å². The van der Waals surface area contributed by atoms with Gasteiger partial charge in [-0.25, -0.2) is 0 Å². The number of hydrogen-bond donors (Lipinski definition) is 1. The predicted molar refractivity (Wildman–Crippen MR) is 95.6 cm³/mol. The highest BCUT2D eigenvalue weighted by atomic mass is 127. The monoisotopic (exact) mass is 429 g/mol. The molecule has 21 heavy (non-hydrogen) atoms. The molecule has 0 bridgehead atoms. The fourth-order valence-electron chi connectivity index (χ4n) is 2.33. The third-order valence-corrected chi connectivity index (χ3v) is 5.33. The summed E-state index contributed by atoms with van der Waals surface area (Å²) in [6, 6.07) is 9.12. The summed E-state index contributed by atoms with van der Waals surface area (Å²) in [5, 5.41) is 1.73. The third-order valence-electron chi connectivity index (χ3n) is 3.38. The Kier molecular flexibility index (Phi) is 3.99. The molecule has 106 valence electrons. The zero-order chi connectivity index (χ0) is 15.1. The Morgan fingerprint density at radius 2 is 1.95 bits per heavy atom. The number of carbonyl (C=O) groups excluding carboxylic acids is 1. The topological polar surface area (TPSA) is 32.9 Å². The van der Waals surface area contributed by atoms with Gasteiger partial charge in [0.25, 0.3) is 0 Å². The van der Waals surface area contributed by atoms with Gasteiger partial charge in [-0.2, -0.15) is 0 Å². The number of carbonyl (C=O) groups is 1. The van der Waals surface area contributed by atoms with Gasteiger partial charge in [-0.05, 0) is 53.3 Å². The van der Waals surface area contributed by atoms with Gasteiger partial charge in [0, 0.05) is 36.8 Å². The van der Waals surface area contributed by atoms with Crippen molar-refractivity contribution in [1.82, 2.24) is 4.98 Å². The third kappa shape index (κ3) is 2.58. The lowest BCUT2D eigenvalue weighted by Gasteiger charge is -2.06. The minimum Gasteiger partial charge on any atom is -0.360 e. The molecule has 3 rings (SSSR count). The zero-order valence-electron chi connectivity index (χ0n) is 11.0. The van der Waals surface area contributed by atoms with Gasteiger partial charge in [0.2, 0.25) is 0 Å². The molecule has 0 saturated heterocycles. The van der Waals surface area contributed by atoms with Gasteiger partial charge in [-0.15, -0.1) is 0 Å². The molecule has 0 saturated carbocycles. The van der Waals surface area contributed by atoms with Crippen molar-refractivity contribution in [3.05, 3.63) is 66.8 Å². The fourth-order valence-corrected chi connectivity index (χ4v) is 3.53. The summed E-state index contributed by atoms with van der Waals surface area (Å²) in [4.78, 5) is 15.9. The van der Waals surface area contributed by atoms with E-state index in [1.165, 1.54) is 0 Å². The van der Waals surface area contributed by atoms with Gasteiger partial charge >= 0.3 is 0 Å². The smallest absolute Gasteiger partial charge is 0.196 e. The first-order valence-electron chi connectivity index (χ1n) is 6.25. The van der Waals surface area contributed by atoms with E-state index in [4.69, 9.17) is 23.2 Å². The number of aromatic nitrogens is 1. The lowest BCUT2D eigenvalue weighted by molar-refractivity contribution is 0.103. The van der Waals surface area contributed by atoms with Crippen LogP contribution in [-0.2, 0) is 0 Å². The minimum atomic E-state index is -0.0430. The average Bonchev–Trinajstić information content (AvgIpc) is 2.85. The molecule has 0 amide bonds. The van der Waals surface area contributed by atoms with Gasteiger partial charge in [0.05, 0.1) is 5.02 Å². The Labute approximate surface area is 145 Å². The summed E-state index contributed by atoms with van der Waals surface area (Å²) in [5.74, 6) is -0.0430. The molecule has 3 aromatic rings. The number of nitrogens with one attached hydrogen (secondary N) is 1. The predicted octanol–water partition coefficient (Wildman–Crippen LogP) is 5.62. The molecule has 0 aliphatic heterocycles. The van der Waals surface area contributed by atoms with Crippen LogP contribution in [0.2, 0.25) is 10.0 Å². The summed E-state index contributed by atoms with van der Waals surface area (Å²) in [5.41, 5.74) is 3.09. The summed E-state index contributed by atoms with van der Waals surface area (Å²) in [6.45, 7) is 1.99. The van der Waals surface area contributed by atoms with Crippen LogP contribution >= 0.6 is 45.8 Å². The van der Waals surface area contributed by atoms with Crippen LogP contribution in [0, 0.1) is 10.5 Å². The number of fused-ring (bicyclic) bond motifs is 1. The Morgan fingerprint density at radius 3 is 2.71 bits per heavy atom. The van der Waals surface area contributed by atoms with E-state index >= 15 is 0 Å². The molecule has 0 aliphatic carbocycles. The van der Waals surface area contributed by atoms with E-state index in [1.54, 1.807) is 18.3 Å². The van der Waals surface area contributed by atoms with Crippen molar-refractivity contribution in [2.75, 3.05) is 0 Å². The van der Waals surface area contributed by atoms with Gasteiger partial charge < -0.3 is 4.98 Å². The Morgan fingerprint density at radius 1 is 1.19 bits per heavy atom. The molecule has 5 heteroatoms. The second-order valence-electron chi connectivity index (χ2n) is 4.78. The molecule has 0 unspecified atom stereocenters. The lowest BCUT2D eigenvalue weighted by atomic mass is 10.0. The maximum Gasteiger partial charge on any atom is 0.196 e. The number of aryl methyl sites for hydroxylation is 1. The molecule has 0 aliphatic rings. The molecule has 0 atom stereocenters. The van der Waals surface area contributed by atoms with Crippen molar-refractivity contribution in [1.29, 1.82) is 0 Å². The van der Waals surface area contributed by atoms with Gasteiger partial charge in [0.1, 0.15) is 0 Å². The summed E-state index contributed by atoms with van der Waals surface area (Å²) < 4.78 is 0.958.